The van der Waals surface area contributed by atoms with Gasteiger partial charge >= 0.3 is 18.2 Å². The van der Waals surface area contributed by atoms with E-state index in [4.69, 9.17) is 21.1 Å². The Labute approximate surface area is 296 Å². The fraction of sp³-hybridized carbons (Fsp3) is 0.441. The van der Waals surface area contributed by atoms with E-state index in [-0.39, 0.29) is 36.3 Å². The molecule has 0 radical (unpaired) electrons. The quantitative estimate of drug-likeness (QED) is 0.117. The molecule has 1 heterocycles. The number of halogens is 4. The minimum absolute atomic E-state index is 0.0214. The molecule has 13 nitrogen and oxygen atoms in total. The number of rotatable bonds is 15. The van der Waals surface area contributed by atoms with Crippen LogP contribution in [0.1, 0.15) is 73.7 Å². The van der Waals surface area contributed by atoms with Crippen LogP contribution in [-0.2, 0) is 24.7 Å². The highest BCUT2D eigenvalue weighted by atomic mass is 35.5. The van der Waals surface area contributed by atoms with E-state index in [1.54, 1.807) is 12.1 Å². The number of hydrogen-bond donors (Lipinski definition) is 4. The molecule has 0 bridgehead atoms. The standard InChI is InChI=1S/C34H37ClF3N7O6/c1-50-29(49)25(15-16-26(46)28(48)39-23-5-3-2-4-6-23)41-27(47)20-7-13-24(14-8-20)40-30-42-31(44-32(43-30)51-19-34(36,37)38)45-33(17-18-33)21-9-11-22(35)12-10-21/h7-14,23,25H,2-6,15-19H2,1H3,(H,39,48)(H,41,47)(H2,40,42,43,44,45)/t25-/m0/s1. The molecular formula is C34H37ClF3N7O6. The van der Waals surface area contributed by atoms with Gasteiger partial charge in [-0.15, -0.1) is 0 Å². The number of ketones is 1. The fourth-order valence-corrected chi connectivity index (χ4v) is 5.77. The van der Waals surface area contributed by atoms with Crippen molar-refractivity contribution in [2.75, 3.05) is 24.4 Å². The number of methoxy groups -OCH3 is 1. The average molecular weight is 732 g/mol. The van der Waals surface area contributed by atoms with Crippen LogP contribution in [0.15, 0.2) is 48.5 Å². The van der Waals surface area contributed by atoms with Crippen LogP contribution in [0.5, 0.6) is 6.01 Å². The van der Waals surface area contributed by atoms with Crippen molar-refractivity contribution in [2.45, 2.75) is 81.6 Å². The SMILES string of the molecule is COC(=O)[C@H](CCC(=O)C(=O)NC1CCCCC1)NC(=O)c1ccc(Nc2nc(NC3(c4ccc(Cl)cc4)CC3)nc(OCC(F)(F)F)n2)cc1. The molecule has 17 heteroatoms. The van der Waals surface area contributed by atoms with Crippen LogP contribution in [0.3, 0.4) is 0 Å². The van der Waals surface area contributed by atoms with Gasteiger partial charge in [-0.2, -0.15) is 28.1 Å². The lowest BCUT2D eigenvalue weighted by atomic mass is 9.95. The predicted molar refractivity (Wildman–Crippen MR) is 180 cm³/mol. The number of ether oxygens (including phenoxy) is 2. The molecule has 0 spiro atoms. The first-order chi connectivity index (χ1) is 24.3. The smallest absolute Gasteiger partial charge is 0.422 e. The summed E-state index contributed by atoms with van der Waals surface area (Å²) in [5, 5.41) is 11.9. The number of alkyl halides is 3. The Bertz CT molecular complexity index is 1720. The summed E-state index contributed by atoms with van der Waals surface area (Å²) in [5.74, 6) is -2.99. The summed E-state index contributed by atoms with van der Waals surface area (Å²) in [5.41, 5.74) is 0.857. The van der Waals surface area contributed by atoms with Crippen LogP contribution in [0.4, 0.5) is 30.8 Å². The first-order valence-corrected chi connectivity index (χ1v) is 16.8. The van der Waals surface area contributed by atoms with E-state index in [2.05, 4.69) is 36.2 Å². The number of hydrogen-bond acceptors (Lipinski definition) is 11. The third kappa shape index (κ3) is 10.7. The summed E-state index contributed by atoms with van der Waals surface area (Å²) in [6.45, 7) is -1.61. The molecule has 1 atom stereocenters. The summed E-state index contributed by atoms with van der Waals surface area (Å²) in [4.78, 5) is 62.6. The molecule has 0 saturated heterocycles. The topological polar surface area (TPSA) is 174 Å². The first-order valence-electron chi connectivity index (χ1n) is 16.4. The highest BCUT2D eigenvalue weighted by Gasteiger charge is 2.45. The van der Waals surface area contributed by atoms with Gasteiger partial charge in [0.1, 0.15) is 6.04 Å². The second-order valence-electron chi connectivity index (χ2n) is 12.4. The summed E-state index contributed by atoms with van der Waals surface area (Å²) in [7, 11) is 1.14. The predicted octanol–water partition coefficient (Wildman–Crippen LogP) is 5.38. The Balaban J connectivity index is 1.23. The number of nitrogens with one attached hydrogen (secondary N) is 4. The van der Waals surface area contributed by atoms with Gasteiger partial charge in [0.2, 0.25) is 17.7 Å². The van der Waals surface area contributed by atoms with Gasteiger partial charge in [-0.05, 0) is 74.1 Å². The average Bonchev–Trinajstić information content (AvgIpc) is 3.89. The van der Waals surface area contributed by atoms with E-state index in [1.165, 1.54) is 24.3 Å². The Morgan fingerprint density at radius 1 is 0.941 bits per heavy atom. The molecule has 2 amide bonds. The van der Waals surface area contributed by atoms with E-state index in [1.807, 2.05) is 12.1 Å². The van der Waals surface area contributed by atoms with Crippen LogP contribution in [-0.4, -0.2) is 70.5 Å². The lowest BCUT2D eigenvalue weighted by Gasteiger charge is -2.22. The summed E-state index contributed by atoms with van der Waals surface area (Å²) < 4.78 is 48.4. The highest BCUT2D eigenvalue weighted by molar-refractivity contribution is 6.36. The molecule has 2 aromatic carbocycles. The molecular weight excluding hydrogens is 695 g/mol. The molecule has 3 aromatic rings. The number of amides is 2. The lowest BCUT2D eigenvalue weighted by Crippen LogP contribution is -2.43. The summed E-state index contributed by atoms with van der Waals surface area (Å²) in [6.07, 6.45) is 1.06. The number of Topliss-reactive ketones (excluding diaryl/α,β-unsaturated/α-hetero) is 1. The van der Waals surface area contributed by atoms with Gasteiger partial charge in [-0.25, -0.2) is 4.79 Å². The lowest BCUT2D eigenvalue weighted by molar-refractivity contribution is -0.154. The molecule has 2 aliphatic carbocycles. The number of esters is 1. The Morgan fingerprint density at radius 2 is 1.61 bits per heavy atom. The molecule has 1 aromatic heterocycles. The number of anilines is 3. The van der Waals surface area contributed by atoms with Gasteiger partial charge < -0.3 is 30.7 Å². The summed E-state index contributed by atoms with van der Waals surface area (Å²) in [6, 6.07) is 11.2. The zero-order valence-corrected chi connectivity index (χ0v) is 28.4. The van der Waals surface area contributed by atoms with Crippen LogP contribution in [0, 0.1) is 0 Å². The maximum absolute atomic E-state index is 13.0. The first kappa shape index (κ1) is 37.3. The van der Waals surface area contributed by atoms with Gasteiger partial charge in [-0.3, -0.25) is 14.4 Å². The van der Waals surface area contributed by atoms with Crippen LogP contribution >= 0.6 is 11.6 Å². The maximum Gasteiger partial charge on any atom is 0.422 e. The van der Waals surface area contributed by atoms with Crippen molar-refractivity contribution in [3.63, 3.8) is 0 Å². The monoisotopic (exact) mass is 731 g/mol. The van der Waals surface area contributed by atoms with Gasteiger partial charge in [-0.1, -0.05) is 43.0 Å². The Kier molecular flexibility index (Phi) is 12.0. The van der Waals surface area contributed by atoms with E-state index < -0.39 is 53.9 Å². The Hall–Kier alpha value is -4.99. The van der Waals surface area contributed by atoms with Gasteiger partial charge in [0.05, 0.1) is 12.6 Å². The zero-order valence-electron chi connectivity index (χ0n) is 27.6. The van der Waals surface area contributed by atoms with Gasteiger partial charge in [0.25, 0.3) is 11.8 Å². The maximum atomic E-state index is 13.0. The van der Waals surface area contributed by atoms with Crippen molar-refractivity contribution >= 4 is 52.8 Å². The molecule has 2 fully saturated rings. The zero-order chi connectivity index (χ0) is 36.6. The minimum Gasteiger partial charge on any atom is -0.467 e. The molecule has 51 heavy (non-hydrogen) atoms. The highest BCUT2D eigenvalue weighted by Crippen LogP contribution is 2.48. The van der Waals surface area contributed by atoms with Crippen molar-refractivity contribution in [3.8, 4) is 6.01 Å². The number of aromatic nitrogens is 3. The van der Waals surface area contributed by atoms with Crippen LogP contribution in [0.25, 0.3) is 0 Å². The molecule has 2 aliphatic rings. The van der Waals surface area contributed by atoms with Crippen LogP contribution < -0.4 is 26.0 Å². The van der Waals surface area contributed by atoms with Crippen molar-refractivity contribution in [3.05, 3.63) is 64.7 Å². The third-order valence-electron chi connectivity index (χ3n) is 8.53. The number of benzene rings is 2. The second-order valence-corrected chi connectivity index (χ2v) is 12.8. The normalized spacial score (nSPS) is 15.9. The molecule has 272 valence electrons. The number of nitrogens with zero attached hydrogens (tertiary/aromatic N) is 3. The van der Waals surface area contributed by atoms with Crippen molar-refractivity contribution in [1.82, 2.24) is 25.6 Å². The summed E-state index contributed by atoms with van der Waals surface area (Å²) >= 11 is 6.02. The van der Waals surface area contributed by atoms with Crippen LogP contribution in [0.2, 0.25) is 5.02 Å². The van der Waals surface area contributed by atoms with E-state index in [0.717, 1.165) is 44.8 Å². The van der Waals surface area contributed by atoms with E-state index in [0.29, 0.717) is 23.6 Å². The third-order valence-corrected chi connectivity index (χ3v) is 8.78. The largest absolute Gasteiger partial charge is 0.467 e. The fourth-order valence-electron chi connectivity index (χ4n) is 5.64. The van der Waals surface area contributed by atoms with Gasteiger partial charge in [0, 0.05) is 28.7 Å². The molecule has 0 aliphatic heterocycles. The van der Waals surface area contributed by atoms with Gasteiger partial charge in [0.15, 0.2) is 6.61 Å². The van der Waals surface area contributed by atoms with Crippen molar-refractivity contribution in [1.29, 1.82) is 0 Å². The number of carbonyl (C=O) groups is 4. The molecule has 5 rings (SSSR count). The van der Waals surface area contributed by atoms with E-state index in [9.17, 15) is 32.3 Å². The molecule has 2 saturated carbocycles. The van der Waals surface area contributed by atoms with Crippen molar-refractivity contribution in [2.24, 2.45) is 0 Å². The number of carbonyl (C=O) groups excluding carboxylic acids is 4. The van der Waals surface area contributed by atoms with Crippen molar-refractivity contribution < 1.29 is 41.8 Å². The molecule has 4 N–H and O–H groups in total. The Morgan fingerprint density at radius 3 is 2.24 bits per heavy atom. The minimum atomic E-state index is -4.63. The molecule has 0 unspecified atom stereocenters. The second kappa shape index (κ2) is 16.4. The van der Waals surface area contributed by atoms with E-state index >= 15 is 0 Å².